The molecule has 5 nitrogen and oxygen atoms in total. The number of methoxy groups -OCH3 is 1. The summed E-state index contributed by atoms with van der Waals surface area (Å²) in [5.74, 6) is -0.216. The Bertz CT molecular complexity index is 539. The first-order valence-electron chi connectivity index (χ1n) is 6.59. The molecule has 1 aromatic rings. The van der Waals surface area contributed by atoms with Gasteiger partial charge < -0.3 is 14.8 Å². The number of carbonyl (C=O) groups is 2. The van der Waals surface area contributed by atoms with Crippen molar-refractivity contribution in [1.29, 1.82) is 0 Å². The Morgan fingerprint density at radius 2 is 2.00 bits per heavy atom. The lowest BCUT2D eigenvalue weighted by atomic mass is 10.1. The highest BCUT2D eigenvalue weighted by Gasteiger charge is 2.23. The molecule has 0 bridgehead atoms. The van der Waals surface area contributed by atoms with Gasteiger partial charge in [-0.25, -0.2) is 4.79 Å². The zero-order valence-electron chi connectivity index (χ0n) is 12.9. The third kappa shape index (κ3) is 6.52. The van der Waals surface area contributed by atoms with Crippen LogP contribution in [-0.4, -0.2) is 37.2 Å². The first-order valence-corrected chi connectivity index (χ1v) is 8.16. The predicted molar refractivity (Wildman–Crippen MR) is 88.3 cm³/mol. The maximum Gasteiger partial charge on any atom is 0.407 e. The molecule has 0 saturated heterocycles. The minimum Gasteiger partial charge on any atom is -0.444 e. The molecule has 0 radical (unpaired) electrons. The number of nitrogens with one attached hydrogen (secondary N) is 1. The van der Waals surface area contributed by atoms with E-state index in [1.165, 1.54) is 13.2 Å². The number of carbonyl (C=O) groups excluding carboxylic acids is 2. The van der Waals surface area contributed by atoms with Crippen molar-refractivity contribution in [1.82, 2.24) is 5.32 Å². The van der Waals surface area contributed by atoms with Crippen molar-refractivity contribution in [3.8, 4) is 0 Å². The molecule has 1 aromatic heterocycles. The van der Waals surface area contributed by atoms with Crippen LogP contribution < -0.4 is 5.32 Å². The number of hydrogen-bond donors (Lipinski definition) is 1. The molecular weight excluding hydrogens is 349 g/mol. The lowest BCUT2D eigenvalue weighted by Gasteiger charge is -2.23. The van der Waals surface area contributed by atoms with E-state index < -0.39 is 17.7 Å². The first-order chi connectivity index (χ1) is 10.1. The number of amides is 1. The molecule has 0 aliphatic rings. The Morgan fingerprint density at radius 3 is 2.45 bits per heavy atom. The molecule has 1 atom stereocenters. The van der Waals surface area contributed by atoms with Crippen molar-refractivity contribution in [2.24, 2.45) is 0 Å². The van der Waals surface area contributed by atoms with Crippen molar-refractivity contribution < 1.29 is 19.1 Å². The molecule has 124 valence electrons. The fourth-order valence-corrected chi connectivity index (χ4v) is 3.19. The van der Waals surface area contributed by atoms with Crippen molar-refractivity contribution in [3.63, 3.8) is 0 Å². The van der Waals surface area contributed by atoms with Crippen LogP contribution >= 0.6 is 34.5 Å². The minimum atomic E-state index is -0.615. The zero-order chi connectivity index (χ0) is 16.9. The maximum atomic E-state index is 12.2. The molecule has 22 heavy (non-hydrogen) atoms. The molecule has 1 amide bonds. The van der Waals surface area contributed by atoms with Gasteiger partial charge in [0.2, 0.25) is 0 Å². The van der Waals surface area contributed by atoms with Gasteiger partial charge in [-0.1, -0.05) is 23.2 Å². The molecule has 1 N–H and O–H groups in total. The number of hydrogen-bond acceptors (Lipinski definition) is 5. The second-order valence-electron chi connectivity index (χ2n) is 5.66. The van der Waals surface area contributed by atoms with Gasteiger partial charge in [-0.05, 0) is 26.8 Å². The van der Waals surface area contributed by atoms with Crippen LogP contribution in [0, 0.1) is 0 Å². The van der Waals surface area contributed by atoms with Crippen molar-refractivity contribution >= 4 is 46.4 Å². The molecular formula is C14H19Cl2NO4S. The number of rotatable bonds is 6. The fourth-order valence-electron chi connectivity index (χ4n) is 1.69. The highest BCUT2D eigenvalue weighted by Crippen LogP contribution is 2.32. The largest absolute Gasteiger partial charge is 0.444 e. The predicted octanol–water partition coefficient (Wildman–Crippen LogP) is 4.17. The number of halogens is 2. The molecule has 0 aromatic carbocycles. The van der Waals surface area contributed by atoms with Crippen LogP contribution in [0.5, 0.6) is 0 Å². The second kappa shape index (κ2) is 8.15. The number of alkyl carbamates (subject to hydrolysis) is 1. The minimum absolute atomic E-state index is 0.0415. The summed E-state index contributed by atoms with van der Waals surface area (Å²) in [6, 6.07) is 1.01. The normalized spacial score (nSPS) is 12.8. The standard InChI is InChI=1S/C14H19Cl2NO4S/c1-14(2,3)21-13(19)17-8(7-20-4)5-10(18)9-6-11(15)22-12(9)16/h6,8H,5,7H2,1-4H3,(H,17,19). The summed E-state index contributed by atoms with van der Waals surface area (Å²) in [6.07, 6.45) is -0.559. The Hall–Kier alpha value is -0.820. The zero-order valence-corrected chi connectivity index (χ0v) is 15.2. The van der Waals surface area contributed by atoms with Gasteiger partial charge in [0.25, 0.3) is 0 Å². The Balaban J connectivity index is 2.69. The molecule has 0 aliphatic carbocycles. The number of ketones is 1. The monoisotopic (exact) mass is 367 g/mol. The van der Waals surface area contributed by atoms with Crippen molar-refractivity contribution in [3.05, 3.63) is 20.3 Å². The molecule has 0 saturated carbocycles. The summed E-state index contributed by atoms with van der Waals surface area (Å²) in [7, 11) is 1.49. The lowest BCUT2D eigenvalue weighted by molar-refractivity contribution is 0.0464. The number of Topliss-reactive ketones (excluding diaryl/α,β-unsaturated/α-hetero) is 1. The van der Waals surface area contributed by atoms with Crippen molar-refractivity contribution in [2.45, 2.75) is 38.8 Å². The van der Waals surface area contributed by atoms with E-state index in [4.69, 9.17) is 32.7 Å². The molecule has 8 heteroatoms. The summed E-state index contributed by atoms with van der Waals surface area (Å²) in [5, 5.41) is 2.62. The van der Waals surface area contributed by atoms with Gasteiger partial charge in [-0.15, -0.1) is 11.3 Å². The summed E-state index contributed by atoms with van der Waals surface area (Å²) >= 11 is 12.9. The van der Waals surface area contributed by atoms with E-state index in [0.717, 1.165) is 11.3 Å². The van der Waals surface area contributed by atoms with Crippen LogP contribution in [0.3, 0.4) is 0 Å². The van der Waals surface area contributed by atoms with Crippen LogP contribution in [0.2, 0.25) is 8.67 Å². The van der Waals surface area contributed by atoms with Crippen LogP contribution in [-0.2, 0) is 9.47 Å². The topological polar surface area (TPSA) is 64.6 Å². The van der Waals surface area contributed by atoms with Crippen molar-refractivity contribution in [2.75, 3.05) is 13.7 Å². The summed E-state index contributed by atoms with van der Waals surface area (Å²) < 4.78 is 11.0. The van der Waals surface area contributed by atoms with Gasteiger partial charge >= 0.3 is 6.09 Å². The third-order valence-corrected chi connectivity index (χ3v) is 3.97. The molecule has 0 fully saturated rings. The maximum absolute atomic E-state index is 12.2. The van der Waals surface area contributed by atoms with E-state index in [0.29, 0.717) is 14.2 Å². The van der Waals surface area contributed by atoms with Gasteiger partial charge in [0, 0.05) is 19.1 Å². The highest BCUT2D eigenvalue weighted by atomic mass is 35.5. The number of ether oxygens (including phenoxy) is 2. The van der Waals surface area contributed by atoms with Gasteiger partial charge in [0.05, 0.1) is 17.0 Å². The Kier molecular flexibility index (Phi) is 7.12. The highest BCUT2D eigenvalue weighted by molar-refractivity contribution is 7.20. The number of thiophene rings is 1. The van der Waals surface area contributed by atoms with E-state index in [1.807, 2.05) is 0 Å². The van der Waals surface area contributed by atoms with E-state index in [-0.39, 0.29) is 18.8 Å². The molecule has 1 heterocycles. The van der Waals surface area contributed by atoms with E-state index in [1.54, 1.807) is 20.8 Å². The SMILES string of the molecule is COCC(CC(=O)c1cc(Cl)sc1Cl)NC(=O)OC(C)(C)C. The molecule has 0 spiro atoms. The Labute approximate surface area is 143 Å². The molecule has 0 aliphatic heterocycles. The third-order valence-electron chi connectivity index (χ3n) is 2.48. The van der Waals surface area contributed by atoms with Gasteiger partial charge in [-0.2, -0.15) is 0 Å². The summed E-state index contributed by atoms with van der Waals surface area (Å²) in [4.78, 5) is 24.0. The van der Waals surface area contributed by atoms with Crippen LogP contribution in [0.1, 0.15) is 37.6 Å². The van der Waals surface area contributed by atoms with Crippen LogP contribution in [0.15, 0.2) is 6.07 Å². The smallest absolute Gasteiger partial charge is 0.407 e. The lowest BCUT2D eigenvalue weighted by Crippen LogP contribution is -2.42. The van der Waals surface area contributed by atoms with Gasteiger partial charge in [-0.3, -0.25) is 4.79 Å². The first kappa shape index (κ1) is 19.2. The quantitative estimate of drug-likeness (QED) is 0.766. The molecule has 1 rings (SSSR count). The van der Waals surface area contributed by atoms with E-state index in [2.05, 4.69) is 5.32 Å². The summed E-state index contributed by atoms with van der Waals surface area (Å²) in [6.45, 7) is 5.46. The fraction of sp³-hybridized carbons (Fsp3) is 0.571. The van der Waals surface area contributed by atoms with Gasteiger partial charge in [0.15, 0.2) is 5.78 Å². The van der Waals surface area contributed by atoms with E-state index in [9.17, 15) is 9.59 Å². The van der Waals surface area contributed by atoms with Crippen LogP contribution in [0.25, 0.3) is 0 Å². The second-order valence-corrected chi connectivity index (χ2v) is 7.95. The molecule has 1 unspecified atom stereocenters. The van der Waals surface area contributed by atoms with Gasteiger partial charge in [0.1, 0.15) is 9.94 Å². The Morgan fingerprint density at radius 1 is 1.36 bits per heavy atom. The summed E-state index contributed by atoms with van der Waals surface area (Å²) in [5.41, 5.74) is -0.264. The average Bonchev–Trinajstić information content (AvgIpc) is 2.66. The van der Waals surface area contributed by atoms with E-state index >= 15 is 0 Å². The van der Waals surface area contributed by atoms with Crippen LogP contribution in [0.4, 0.5) is 4.79 Å². The average molecular weight is 368 g/mol.